The van der Waals surface area contributed by atoms with Gasteiger partial charge in [-0.05, 0) is 12.8 Å². The molecule has 0 aliphatic carbocycles. The lowest BCUT2D eigenvalue weighted by molar-refractivity contribution is 0.0546. The lowest BCUT2D eigenvalue weighted by Gasteiger charge is -2.37. The van der Waals surface area contributed by atoms with Crippen LogP contribution in [0.5, 0.6) is 0 Å². The molecule has 0 aromatic carbocycles. The highest BCUT2D eigenvalue weighted by molar-refractivity contribution is 4.76. The van der Waals surface area contributed by atoms with E-state index in [2.05, 4.69) is 11.8 Å². The molecule has 68 valence electrons. The molecule has 0 bridgehead atoms. The van der Waals surface area contributed by atoms with E-state index in [0.717, 1.165) is 12.5 Å². The fourth-order valence-corrected chi connectivity index (χ4v) is 1.35. The van der Waals surface area contributed by atoms with Crippen molar-refractivity contribution in [2.75, 3.05) is 19.6 Å². The van der Waals surface area contributed by atoms with E-state index in [9.17, 15) is 0 Å². The van der Waals surface area contributed by atoms with Gasteiger partial charge in [-0.25, -0.2) is 0 Å². The summed E-state index contributed by atoms with van der Waals surface area (Å²) in [4.78, 5) is 2.27. The molecule has 1 aliphatic heterocycles. The number of likely N-dealkylation sites (tertiary alicyclic amines) is 1. The van der Waals surface area contributed by atoms with Crippen LogP contribution in [0.15, 0.2) is 0 Å². The average Bonchev–Trinajstić information content (AvgIpc) is 1.88. The van der Waals surface area contributed by atoms with Crippen LogP contribution in [0.25, 0.3) is 0 Å². The van der Waals surface area contributed by atoms with Crippen LogP contribution >= 0.6 is 0 Å². The molecule has 1 saturated heterocycles. The number of nitrogens with zero attached hydrogens (tertiary/aromatic N) is 1. The second-order valence-electron chi connectivity index (χ2n) is 3.17. The van der Waals surface area contributed by atoms with Crippen LogP contribution < -0.4 is 0 Å². The highest BCUT2D eigenvalue weighted by Gasteiger charge is 2.22. The van der Waals surface area contributed by atoms with Crippen molar-refractivity contribution in [2.24, 2.45) is 5.92 Å². The Hall–Kier alpha value is -0.0800. The van der Waals surface area contributed by atoms with Gasteiger partial charge in [0, 0.05) is 19.6 Å². The molecule has 1 rings (SSSR count). The van der Waals surface area contributed by atoms with Crippen molar-refractivity contribution in [3.8, 4) is 0 Å². The standard InChI is InChI=1S/C7H15NO.C2H6/c1-6-3-8(4-6)5-7(2)9;1-2/h6-7,9H,3-5H2,1-2H3;1-2H3. The SMILES string of the molecule is CC.CC(O)CN1CC(C)C1. The van der Waals surface area contributed by atoms with Crippen LogP contribution in [-0.4, -0.2) is 35.7 Å². The van der Waals surface area contributed by atoms with Crippen LogP contribution in [0.4, 0.5) is 0 Å². The van der Waals surface area contributed by atoms with Crippen molar-refractivity contribution < 1.29 is 5.11 Å². The molecule has 1 fully saturated rings. The maximum Gasteiger partial charge on any atom is 0.0639 e. The molecule has 1 N–H and O–H groups in total. The van der Waals surface area contributed by atoms with Crippen molar-refractivity contribution in [1.29, 1.82) is 0 Å². The maximum atomic E-state index is 8.93. The summed E-state index contributed by atoms with van der Waals surface area (Å²) in [6.07, 6.45) is -0.155. The van der Waals surface area contributed by atoms with Crippen molar-refractivity contribution in [1.82, 2.24) is 4.90 Å². The summed E-state index contributed by atoms with van der Waals surface area (Å²) in [7, 11) is 0. The van der Waals surface area contributed by atoms with E-state index in [1.165, 1.54) is 13.1 Å². The van der Waals surface area contributed by atoms with E-state index >= 15 is 0 Å². The van der Waals surface area contributed by atoms with Gasteiger partial charge in [-0.3, -0.25) is 0 Å². The fraction of sp³-hybridized carbons (Fsp3) is 1.00. The number of β-amino-alcohol motifs (C(OH)–C–C–N with tert-alkyl or cyclic N) is 1. The van der Waals surface area contributed by atoms with Crippen LogP contribution in [0.1, 0.15) is 27.7 Å². The molecule has 0 aromatic heterocycles. The molecule has 1 heterocycles. The fourth-order valence-electron chi connectivity index (χ4n) is 1.35. The molecule has 1 atom stereocenters. The van der Waals surface area contributed by atoms with Gasteiger partial charge in [0.1, 0.15) is 0 Å². The Kier molecular flexibility index (Phi) is 5.51. The van der Waals surface area contributed by atoms with Crippen molar-refractivity contribution >= 4 is 0 Å². The minimum Gasteiger partial charge on any atom is -0.392 e. The van der Waals surface area contributed by atoms with Crippen LogP contribution in [0.3, 0.4) is 0 Å². The first-order valence-electron chi connectivity index (χ1n) is 4.59. The van der Waals surface area contributed by atoms with Gasteiger partial charge >= 0.3 is 0 Å². The zero-order chi connectivity index (χ0) is 8.85. The van der Waals surface area contributed by atoms with Gasteiger partial charge in [-0.1, -0.05) is 20.8 Å². The lowest BCUT2D eigenvalue weighted by Crippen LogP contribution is -2.47. The first-order chi connectivity index (χ1) is 5.18. The molecule has 0 spiro atoms. The Bertz CT molecular complexity index is 87.6. The molecule has 0 aromatic rings. The highest BCUT2D eigenvalue weighted by atomic mass is 16.3. The summed E-state index contributed by atoms with van der Waals surface area (Å²) in [5.74, 6) is 0.851. The van der Waals surface area contributed by atoms with Gasteiger partial charge in [-0.2, -0.15) is 0 Å². The van der Waals surface area contributed by atoms with E-state index in [4.69, 9.17) is 5.11 Å². The van der Waals surface area contributed by atoms with Gasteiger partial charge in [0.15, 0.2) is 0 Å². The number of hydrogen-bond donors (Lipinski definition) is 1. The van der Waals surface area contributed by atoms with Crippen LogP contribution in [0.2, 0.25) is 0 Å². The van der Waals surface area contributed by atoms with Crippen molar-refractivity contribution in [3.05, 3.63) is 0 Å². The number of aliphatic hydroxyl groups excluding tert-OH is 1. The predicted molar refractivity (Wildman–Crippen MR) is 48.6 cm³/mol. The molecule has 11 heavy (non-hydrogen) atoms. The first-order valence-corrected chi connectivity index (χ1v) is 4.59. The van der Waals surface area contributed by atoms with Gasteiger partial charge in [-0.15, -0.1) is 0 Å². The van der Waals surface area contributed by atoms with Crippen LogP contribution in [0, 0.1) is 5.92 Å². The molecular formula is C9H21NO. The Morgan fingerprint density at radius 1 is 1.45 bits per heavy atom. The topological polar surface area (TPSA) is 23.5 Å². The minimum atomic E-state index is -0.155. The minimum absolute atomic E-state index is 0.155. The molecular weight excluding hydrogens is 138 g/mol. The van der Waals surface area contributed by atoms with E-state index < -0.39 is 0 Å². The second kappa shape index (κ2) is 5.56. The normalized spacial score (nSPS) is 21.5. The number of aliphatic hydroxyl groups is 1. The molecule has 0 amide bonds. The van der Waals surface area contributed by atoms with Crippen LogP contribution in [-0.2, 0) is 0 Å². The second-order valence-corrected chi connectivity index (χ2v) is 3.17. The third-order valence-electron chi connectivity index (χ3n) is 1.66. The predicted octanol–water partition coefficient (Wildman–Crippen LogP) is 1.35. The van der Waals surface area contributed by atoms with Crippen molar-refractivity contribution in [2.45, 2.75) is 33.8 Å². The summed E-state index contributed by atoms with van der Waals surface area (Å²) in [6, 6.07) is 0. The summed E-state index contributed by atoms with van der Waals surface area (Å²) in [5.41, 5.74) is 0. The zero-order valence-electron chi connectivity index (χ0n) is 8.17. The Balaban J connectivity index is 0.000000461. The molecule has 1 unspecified atom stereocenters. The summed E-state index contributed by atoms with van der Waals surface area (Å²) in [5, 5.41) is 8.93. The molecule has 0 radical (unpaired) electrons. The summed E-state index contributed by atoms with van der Waals surface area (Å²) >= 11 is 0. The third-order valence-corrected chi connectivity index (χ3v) is 1.66. The maximum absolute atomic E-state index is 8.93. The van der Waals surface area contributed by atoms with Gasteiger partial charge in [0.2, 0.25) is 0 Å². The summed E-state index contributed by atoms with van der Waals surface area (Å²) in [6.45, 7) is 11.3. The Labute approximate surface area is 70.2 Å². The van der Waals surface area contributed by atoms with E-state index in [1.807, 2.05) is 20.8 Å². The Morgan fingerprint density at radius 3 is 2.18 bits per heavy atom. The number of rotatable bonds is 2. The van der Waals surface area contributed by atoms with Gasteiger partial charge in [0.05, 0.1) is 6.10 Å². The van der Waals surface area contributed by atoms with Gasteiger partial charge < -0.3 is 10.0 Å². The number of hydrogen-bond acceptors (Lipinski definition) is 2. The largest absolute Gasteiger partial charge is 0.392 e. The van der Waals surface area contributed by atoms with E-state index in [-0.39, 0.29) is 6.10 Å². The summed E-state index contributed by atoms with van der Waals surface area (Å²) < 4.78 is 0. The third kappa shape index (κ3) is 4.38. The monoisotopic (exact) mass is 159 g/mol. The molecule has 0 saturated carbocycles. The van der Waals surface area contributed by atoms with Crippen molar-refractivity contribution in [3.63, 3.8) is 0 Å². The highest BCUT2D eigenvalue weighted by Crippen LogP contribution is 2.13. The first kappa shape index (κ1) is 10.9. The smallest absolute Gasteiger partial charge is 0.0639 e. The molecule has 2 nitrogen and oxygen atoms in total. The molecule has 1 aliphatic rings. The molecule has 2 heteroatoms. The van der Waals surface area contributed by atoms with E-state index in [0.29, 0.717) is 0 Å². The zero-order valence-corrected chi connectivity index (χ0v) is 8.17. The van der Waals surface area contributed by atoms with E-state index in [1.54, 1.807) is 0 Å². The quantitative estimate of drug-likeness (QED) is 0.657. The Morgan fingerprint density at radius 2 is 1.91 bits per heavy atom. The van der Waals surface area contributed by atoms with Gasteiger partial charge in [0.25, 0.3) is 0 Å². The lowest BCUT2D eigenvalue weighted by atomic mass is 10.0. The average molecular weight is 159 g/mol.